The molecule has 0 amide bonds. The predicted octanol–water partition coefficient (Wildman–Crippen LogP) is 3.97. The van der Waals surface area contributed by atoms with Crippen molar-refractivity contribution in [2.75, 3.05) is 0 Å². The molecule has 2 aromatic heterocycles. The standard InChI is InChI=1S/C16H15ClN4/c1-11(2)13-10-18-21-15(13)19-14(20-16(21)17)12-8-6-4-3-5-7-9-12/h3-11H,1-2H3/b4-3-,5-3?,6-4?,7-5-,8-6?,9-7?,12-8?,12-9?. The third kappa shape index (κ3) is 2.67. The van der Waals surface area contributed by atoms with Crippen molar-refractivity contribution in [1.82, 2.24) is 19.6 Å². The van der Waals surface area contributed by atoms with Crippen LogP contribution in [0.4, 0.5) is 0 Å². The predicted molar refractivity (Wildman–Crippen MR) is 85.3 cm³/mol. The minimum atomic E-state index is 0.317. The maximum atomic E-state index is 6.24. The van der Waals surface area contributed by atoms with Crippen LogP contribution < -0.4 is 0 Å². The van der Waals surface area contributed by atoms with E-state index in [0.29, 0.717) is 17.0 Å². The summed E-state index contributed by atoms with van der Waals surface area (Å²) in [5, 5.41) is 4.57. The van der Waals surface area contributed by atoms with Crippen molar-refractivity contribution in [2.24, 2.45) is 0 Å². The Morgan fingerprint density at radius 2 is 1.81 bits per heavy atom. The fourth-order valence-electron chi connectivity index (χ4n) is 2.11. The van der Waals surface area contributed by atoms with E-state index in [1.165, 1.54) is 0 Å². The summed E-state index contributed by atoms with van der Waals surface area (Å²) in [7, 11) is 0. The summed E-state index contributed by atoms with van der Waals surface area (Å²) < 4.78 is 1.57. The van der Waals surface area contributed by atoms with Crippen molar-refractivity contribution in [3.05, 3.63) is 65.4 Å². The van der Waals surface area contributed by atoms with E-state index in [0.717, 1.165) is 16.8 Å². The first-order valence-corrected chi connectivity index (χ1v) is 7.18. The second kappa shape index (κ2) is 5.66. The molecule has 0 unspecified atom stereocenters. The smallest absolute Gasteiger partial charge is 0.208 e. The minimum Gasteiger partial charge on any atom is -0.208 e. The summed E-state index contributed by atoms with van der Waals surface area (Å²) >= 11 is 6.24. The van der Waals surface area contributed by atoms with Crippen molar-refractivity contribution in [1.29, 1.82) is 0 Å². The summed E-state index contributed by atoms with van der Waals surface area (Å²) in [4.78, 5) is 8.99. The van der Waals surface area contributed by atoms with Gasteiger partial charge in [0.2, 0.25) is 5.28 Å². The summed E-state index contributed by atoms with van der Waals surface area (Å²) in [5.41, 5.74) is 2.73. The van der Waals surface area contributed by atoms with Crippen molar-refractivity contribution in [3.8, 4) is 0 Å². The Kier molecular flexibility index (Phi) is 3.71. The normalized spacial score (nSPS) is 17.6. The monoisotopic (exact) mass is 298 g/mol. The molecular formula is C16H15ClN4. The first-order valence-electron chi connectivity index (χ1n) is 6.80. The first-order chi connectivity index (χ1) is 10.2. The number of hydrogen-bond donors (Lipinski definition) is 0. The largest absolute Gasteiger partial charge is 0.227 e. The van der Waals surface area contributed by atoms with Crippen molar-refractivity contribution < 1.29 is 0 Å². The summed E-state index contributed by atoms with van der Waals surface area (Å²) in [6.45, 7) is 4.21. The maximum absolute atomic E-state index is 6.24. The lowest BCUT2D eigenvalue weighted by atomic mass is 10.1. The van der Waals surface area contributed by atoms with Crippen LogP contribution in [0.3, 0.4) is 0 Å². The average Bonchev–Trinajstić information content (AvgIpc) is 2.82. The van der Waals surface area contributed by atoms with Crippen LogP contribution in [0.5, 0.6) is 0 Å². The van der Waals surface area contributed by atoms with Gasteiger partial charge in [-0.2, -0.15) is 14.6 Å². The van der Waals surface area contributed by atoms with Crippen molar-refractivity contribution in [3.63, 3.8) is 0 Å². The summed E-state index contributed by atoms with van der Waals surface area (Å²) in [6, 6.07) is 0. The highest BCUT2D eigenvalue weighted by atomic mass is 35.5. The molecule has 1 aliphatic carbocycles. The molecule has 0 saturated carbocycles. The SMILES string of the molecule is CC(C)c1cnn2c(Cl)nc(C3=C/C=C\C=C/C=C3)nc12. The van der Waals surface area contributed by atoms with Gasteiger partial charge >= 0.3 is 0 Å². The number of rotatable bonds is 2. The van der Waals surface area contributed by atoms with E-state index in [2.05, 4.69) is 28.9 Å². The third-order valence-electron chi connectivity index (χ3n) is 3.23. The Bertz CT molecular complexity index is 794. The van der Waals surface area contributed by atoms with Gasteiger partial charge in [-0.05, 0) is 17.5 Å². The lowest BCUT2D eigenvalue weighted by Gasteiger charge is -2.06. The van der Waals surface area contributed by atoms with Gasteiger partial charge in [-0.15, -0.1) is 0 Å². The summed E-state index contributed by atoms with van der Waals surface area (Å²) in [6.07, 6.45) is 15.5. The zero-order chi connectivity index (χ0) is 14.8. The first kappa shape index (κ1) is 13.8. The number of fused-ring (bicyclic) bond motifs is 1. The number of nitrogens with zero attached hydrogens (tertiary/aromatic N) is 4. The second-order valence-corrected chi connectivity index (χ2v) is 5.40. The van der Waals surface area contributed by atoms with Gasteiger partial charge in [-0.1, -0.05) is 56.4 Å². The van der Waals surface area contributed by atoms with Gasteiger partial charge in [-0.25, -0.2) is 4.98 Å². The molecule has 21 heavy (non-hydrogen) atoms. The van der Waals surface area contributed by atoms with E-state index < -0.39 is 0 Å². The molecule has 1 aliphatic rings. The Hall–Kier alpha value is -2.20. The van der Waals surface area contributed by atoms with Crippen LogP contribution in [0.25, 0.3) is 11.2 Å². The molecule has 106 valence electrons. The average molecular weight is 299 g/mol. The van der Waals surface area contributed by atoms with Crippen LogP contribution in [-0.2, 0) is 0 Å². The second-order valence-electron chi connectivity index (χ2n) is 5.06. The summed E-state index contributed by atoms with van der Waals surface area (Å²) in [5.74, 6) is 0.928. The van der Waals surface area contributed by atoms with Crippen LogP contribution >= 0.6 is 11.6 Å². The van der Waals surface area contributed by atoms with E-state index in [4.69, 9.17) is 11.6 Å². The molecule has 0 saturated heterocycles. The van der Waals surface area contributed by atoms with Gasteiger partial charge in [0.15, 0.2) is 11.5 Å². The van der Waals surface area contributed by atoms with Crippen LogP contribution in [0, 0.1) is 0 Å². The fraction of sp³-hybridized carbons (Fsp3) is 0.188. The highest BCUT2D eigenvalue weighted by molar-refractivity contribution is 6.28. The molecule has 0 aromatic carbocycles. The van der Waals surface area contributed by atoms with Crippen LogP contribution in [-0.4, -0.2) is 19.6 Å². The molecule has 0 N–H and O–H groups in total. The quantitative estimate of drug-likeness (QED) is 0.842. The maximum Gasteiger partial charge on any atom is 0.227 e. The zero-order valence-corrected chi connectivity index (χ0v) is 12.6. The van der Waals surface area contributed by atoms with E-state index in [1.54, 1.807) is 10.7 Å². The zero-order valence-electron chi connectivity index (χ0n) is 11.9. The third-order valence-corrected chi connectivity index (χ3v) is 3.48. The molecule has 0 spiro atoms. The van der Waals surface area contributed by atoms with E-state index in [9.17, 15) is 0 Å². The van der Waals surface area contributed by atoms with Gasteiger partial charge in [0.1, 0.15) is 0 Å². The van der Waals surface area contributed by atoms with Crippen LogP contribution in [0.2, 0.25) is 5.28 Å². The van der Waals surface area contributed by atoms with Gasteiger partial charge in [0.25, 0.3) is 0 Å². The van der Waals surface area contributed by atoms with Crippen LogP contribution in [0.15, 0.2) is 48.7 Å². The van der Waals surface area contributed by atoms with Gasteiger partial charge < -0.3 is 0 Å². The van der Waals surface area contributed by atoms with Gasteiger partial charge in [0, 0.05) is 11.1 Å². The molecule has 2 heterocycles. The van der Waals surface area contributed by atoms with Crippen molar-refractivity contribution in [2.45, 2.75) is 19.8 Å². The molecule has 0 aliphatic heterocycles. The number of aromatic nitrogens is 4. The molecule has 0 bridgehead atoms. The highest BCUT2D eigenvalue weighted by Crippen LogP contribution is 2.23. The van der Waals surface area contributed by atoms with Gasteiger partial charge in [-0.3, -0.25) is 0 Å². The van der Waals surface area contributed by atoms with Crippen molar-refractivity contribution >= 4 is 22.8 Å². The Morgan fingerprint density at radius 1 is 1.05 bits per heavy atom. The van der Waals surface area contributed by atoms with Gasteiger partial charge in [0.05, 0.1) is 6.20 Å². The molecule has 0 fully saturated rings. The molecule has 2 aromatic rings. The number of allylic oxidation sites excluding steroid dienone is 8. The Morgan fingerprint density at radius 3 is 2.62 bits per heavy atom. The highest BCUT2D eigenvalue weighted by Gasteiger charge is 2.15. The topological polar surface area (TPSA) is 43.1 Å². The Labute approximate surface area is 128 Å². The minimum absolute atomic E-state index is 0.317. The molecule has 3 rings (SSSR count). The van der Waals surface area contributed by atoms with Crippen LogP contribution in [0.1, 0.15) is 31.2 Å². The Balaban J connectivity index is 2.17. The van der Waals surface area contributed by atoms with E-state index >= 15 is 0 Å². The lowest BCUT2D eigenvalue weighted by molar-refractivity contribution is 0.864. The molecule has 0 radical (unpaired) electrons. The number of hydrogen-bond acceptors (Lipinski definition) is 3. The lowest BCUT2D eigenvalue weighted by Crippen LogP contribution is -2.02. The molecule has 5 heteroatoms. The van der Waals surface area contributed by atoms with E-state index in [-0.39, 0.29) is 0 Å². The molecule has 0 atom stereocenters. The molecule has 4 nitrogen and oxygen atoms in total. The number of halogens is 1. The van der Waals surface area contributed by atoms with E-state index in [1.807, 2.05) is 42.5 Å². The fourth-order valence-corrected chi connectivity index (χ4v) is 2.32. The molecular weight excluding hydrogens is 284 g/mol.